The van der Waals surface area contributed by atoms with Crippen molar-refractivity contribution in [3.63, 3.8) is 0 Å². The molecule has 0 aromatic rings. The third-order valence-corrected chi connectivity index (χ3v) is 5.48. The fraction of sp³-hybridized carbons (Fsp3) is 0.905. The molecule has 0 unspecified atom stereocenters. The van der Waals surface area contributed by atoms with Crippen molar-refractivity contribution in [3.8, 4) is 0 Å². The first-order valence-electron chi connectivity index (χ1n) is 10.6. The largest absolute Gasteiger partial charge is 0.444 e. The summed E-state index contributed by atoms with van der Waals surface area (Å²) in [6.07, 6.45) is 4.89. The summed E-state index contributed by atoms with van der Waals surface area (Å²) >= 11 is 0. The molecule has 2 fully saturated rings. The number of carbonyl (C=O) groups is 2. The molecule has 1 heterocycles. The third kappa shape index (κ3) is 6.98. The van der Waals surface area contributed by atoms with Crippen molar-refractivity contribution >= 4 is 12.0 Å². The van der Waals surface area contributed by atoms with E-state index in [1.807, 2.05) is 32.6 Å². The maximum absolute atomic E-state index is 12.9. The minimum absolute atomic E-state index is 0.00283. The Labute approximate surface area is 164 Å². The average Bonchev–Trinajstić information content (AvgIpc) is 2.53. The summed E-state index contributed by atoms with van der Waals surface area (Å²) in [7, 11) is 0. The van der Waals surface area contributed by atoms with E-state index in [4.69, 9.17) is 4.74 Å². The van der Waals surface area contributed by atoms with Gasteiger partial charge in [-0.3, -0.25) is 4.79 Å². The average molecular weight is 382 g/mol. The molecule has 6 nitrogen and oxygen atoms in total. The predicted octanol–water partition coefficient (Wildman–Crippen LogP) is 3.30. The van der Waals surface area contributed by atoms with Crippen LogP contribution >= 0.6 is 0 Å². The van der Waals surface area contributed by atoms with Crippen LogP contribution in [0, 0.1) is 11.8 Å². The zero-order valence-electron chi connectivity index (χ0n) is 18.0. The van der Waals surface area contributed by atoms with Crippen LogP contribution in [-0.2, 0) is 9.53 Å². The maximum atomic E-state index is 12.9. The number of hydrogen-bond acceptors (Lipinski definition) is 4. The number of likely N-dealkylation sites (tertiary alicyclic amines) is 1. The van der Waals surface area contributed by atoms with Crippen molar-refractivity contribution in [1.29, 1.82) is 0 Å². The van der Waals surface area contributed by atoms with Gasteiger partial charge in [-0.05, 0) is 58.8 Å². The predicted molar refractivity (Wildman–Crippen MR) is 108 cm³/mol. The second kappa shape index (κ2) is 9.26. The number of carbonyl (C=O) groups excluding carboxylic acids is 2. The molecule has 2 amide bonds. The summed E-state index contributed by atoms with van der Waals surface area (Å²) in [5.74, 6) is 1.29. The number of nitrogens with zero attached hydrogens (tertiary/aromatic N) is 1. The molecule has 2 rings (SSSR count). The van der Waals surface area contributed by atoms with Crippen molar-refractivity contribution in [3.05, 3.63) is 0 Å². The number of nitrogens with one attached hydrogen (secondary N) is 2. The zero-order chi connectivity index (χ0) is 20.2. The highest BCUT2D eigenvalue weighted by molar-refractivity contribution is 5.81. The van der Waals surface area contributed by atoms with Crippen LogP contribution in [0.25, 0.3) is 0 Å². The Morgan fingerprint density at radius 2 is 1.59 bits per heavy atom. The standard InChI is InChI=1S/C21H39N3O3/c1-14-11-15(2)13-24(12-14)19(25)16(3)22-17-9-7-8-10-18(17)23-20(26)27-21(4,5)6/h14-18,22H,7-13H2,1-6H3,(H,23,26)/t14-,15+,16-,17-,18-/m1/s1. The Morgan fingerprint density at radius 1 is 1.04 bits per heavy atom. The topological polar surface area (TPSA) is 70.7 Å². The lowest BCUT2D eigenvalue weighted by Crippen LogP contribution is -2.58. The Hall–Kier alpha value is -1.30. The smallest absolute Gasteiger partial charge is 0.407 e. The number of piperidine rings is 1. The van der Waals surface area contributed by atoms with E-state index in [1.165, 1.54) is 6.42 Å². The molecule has 1 saturated carbocycles. The SMILES string of the molecule is C[C@@H]1C[C@H](C)CN(C(=O)[C@@H](C)N[C@@H]2CCCC[C@H]2NC(=O)OC(C)(C)C)C1. The molecular weight excluding hydrogens is 342 g/mol. The zero-order valence-corrected chi connectivity index (χ0v) is 18.0. The van der Waals surface area contributed by atoms with Gasteiger partial charge in [-0.25, -0.2) is 4.79 Å². The van der Waals surface area contributed by atoms with E-state index in [2.05, 4.69) is 24.5 Å². The van der Waals surface area contributed by atoms with Crippen molar-refractivity contribution in [1.82, 2.24) is 15.5 Å². The van der Waals surface area contributed by atoms with E-state index in [1.54, 1.807) is 0 Å². The van der Waals surface area contributed by atoms with Gasteiger partial charge in [-0.15, -0.1) is 0 Å². The van der Waals surface area contributed by atoms with Crippen molar-refractivity contribution in [2.75, 3.05) is 13.1 Å². The summed E-state index contributed by atoms with van der Waals surface area (Å²) < 4.78 is 5.41. The summed E-state index contributed by atoms with van der Waals surface area (Å²) in [5.41, 5.74) is -0.507. The van der Waals surface area contributed by atoms with Gasteiger partial charge in [0.1, 0.15) is 5.60 Å². The molecule has 2 N–H and O–H groups in total. The Balaban J connectivity index is 1.92. The van der Waals surface area contributed by atoms with Gasteiger partial charge in [0.05, 0.1) is 6.04 Å². The van der Waals surface area contributed by atoms with Gasteiger partial charge in [0.25, 0.3) is 0 Å². The lowest BCUT2D eigenvalue weighted by Gasteiger charge is -2.39. The molecule has 0 aromatic heterocycles. The van der Waals surface area contributed by atoms with E-state index in [-0.39, 0.29) is 30.1 Å². The molecular formula is C21H39N3O3. The minimum Gasteiger partial charge on any atom is -0.444 e. The number of ether oxygens (including phenoxy) is 1. The van der Waals surface area contributed by atoms with Gasteiger partial charge in [0.15, 0.2) is 0 Å². The second-order valence-electron chi connectivity index (χ2n) is 9.72. The monoisotopic (exact) mass is 381 g/mol. The molecule has 0 bridgehead atoms. The van der Waals surface area contributed by atoms with Crippen LogP contribution in [0.15, 0.2) is 0 Å². The van der Waals surface area contributed by atoms with Crippen molar-refractivity contribution < 1.29 is 14.3 Å². The Morgan fingerprint density at radius 3 is 2.15 bits per heavy atom. The molecule has 0 aromatic carbocycles. The molecule has 156 valence electrons. The normalized spacial score (nSPS) is 30.5. The first kappa shape index (κ1) is 22.0. The lowest BCUT2D eigenvalue weighted by atomic mass is 9.89. The molecule has 1 aliphatic heterocycles. The fourth-order valence-electron chi connectivity index (χ4n) is 4.47. The number of hydrogen-bond donors (Lipinski definition) is 2. The first-order chi connectivity index (χ1) is 12.5. The molecule has 1 aliphatic carbocycles. The fourth-order valence-corrected chi connectivity index (χ4v) is 4.47. The second-order valence-corrected chi connectivity index (χ2v) is 9.72. The summed E-state index contributed by atoms with van der Waals surface area (Å²) in [4.78, 5) is 27.1. The van der Waals surface area contributed by atoms with Crippen LogP contribution in [0.4, 0.5) is 4.79 Å². The first-order valence-corrected chi connectivity index (χ1v) is 10.6. The highest BCUT2D eigenvalue weighted by atomic mass is 16.6. The highest BCUT2D eigenvalue weighted by Crippen LogP contribution is 2.23. The van der Waals surface area contributed by atoms with Crippen LogP contribution in [0.5, 0.6) is 0 Å². The molecule has 27 heavy (non-hydrogen) atoms. The molecule has 5 atom stereocenters. The minimum atomic E-state index is -0.507. The quantitative estimate of drug-likeness (QED) is 0.784. The van der Waals surface area contributed by atoms with Gasteiger partial charge in [0, 0.05) is 25.2 Å². The van der Waals surface area contributed by atoms with Crippen molar-refractivity contribution in [2.45, 2.75) is 97.4 Å². The number of rotatable bonds is 4. The number of amides is 2. The summed E-state index contributed by atoms with van der Waals surface area (Å²) in [6.45, 7) is 13.7. The van der Waals surface area contributed by atoms with Gasteiger partial charge < -0.3 is 20.3 Å². The van der Waals surface area contributed by atoms with E-state index in [0.717, 1.165) is 38.8 Å². The Kier molecular flexibility index (Phi) is 7.55. The third-order valence-electron chi connectivity index (χ3n) is 5.48. The summed E-state index contributed by atoms with van der Waals surface area (Å²) in [6, 6.07) is -0.138. The molecule has 0 radical (unpaired) electrons. The molecule has 6 heteroatoms. The number of alkyl carbamates (subject to hydrolysis) is 1. The van der Waals surface area contributed by atoms with Gasteiger partial charge in [0.2, 0.25) is 5.91 Å². The maximum Gasteiger partial charge on any atom is 0.407 e. The van der Waals surface area contributed by atoms with E-state index >= 15 is 0 Å². The van der Waals surface area contributed by atoms with Gasteiger partial charge in [-0.2, -0.15) is 0 Å². The van der Waals surface area contributed by atoms with Crippen LogP contribution in [0.3, 0.4) is 0 Å². The molecule has 1 saturated heterocycles. The van der Waals surface area contributed by atoms with Crippen LogP contribution < -0.4 is 10.6 Å². The van der Waals surface area contributed by atoms with Crippen LogP contribution in [0.2, 0.25) is 0 Å². The Bertz CT molecular complexity index is 507. The molecule has 0 spiro atoms. The van der Waals surface area contributed by atoms with E-state index in [9.17, 15) is 9.59 Å². The van der Waals surface area contributed by atoms with Gasteiger partial charge >= 0.3 is 6.09 Å². The lowest BCUT2D eigenvalue weighted by molar-refractivity contribution is -0.136. The molecule has 2 aliphatic rings. The van der Waals surface area contributed by atoms with Crippen LogP contribution in [0.1, 0.15) is 73.6 Å². The van der Waals surface area contributed by atoms with E-state index < -0.39 is 5.60 Å². The highest BCUT2D eigenvalue weighted by Gasteiger charge is 2.33. The summed E-state index contributed by atoms with van der Waals surface area (Å²) in [5, 5.41) is 6.52. The van der Waals surface area contributed by atoms with E-state index in [0.29, 0.717) is 11.8 Å². The van der Waals surface area contributed by atoms with Crippen molar-refractivity contribution in [2.24, 2.45) is 11.8 Å². The van der Waals surface area contributed by atoms with Crippen LogP contribution in [-0.4, -0.2) is 53.7 Å². The van der Waals surface area contributed by atoms with Gasteiger partial charge in [-0.1, -0.05) is 26.7 Å².